The molecule has 7 nitrogen and oxygen atoms in total. The minimum atomic E-state index is -0.636. The second-order valence-corrected chi connectivity index (χ2v) is 5.99. The average molecular weight is 370 g/mol. The molecule has 0 saturated carbocycles. The fraction of sp³-hybridized carbons (Fsp3) is 0.300. The molecule has 2 aromatic rings. The van der Waals surface area contributed by atoms with Crippen LogP contribution in [0.15, 0.2) is 42.5 Å². The number of anilines is 1. The lowest BCUT2D eigenvalue weighted by molar-refractivity contribution is 0.0696. The summed E-state index contributed by atoms with van der Waals surface area (Å²) in [4.78, 5) is 28.9. The van der Waals surface area contributed by atoms with Gasteiger partial charge in [-0.1, -0.05) is 30.3 Å². The summed E-state index contributed by atoms with van der Waals surface area (Å²) < 4.78 is 16.0. The Hall–Kier alpha value is -3.22. The van der Waals surface area contributed by atoms with Crippen molar-refractivity contribution in [2.45, 2.75) is 13.1 Å². The molecule has 0 spiro atoms. The fourth-order valence-electron chi connectivity index (χ4n) is 3.23. The third-order valence-electron chi connectivity index (χ3n) is 4.49. The molecule has 0 N–H and O–H groups in total. The van der Waals surface area contributed by atoms with E-state index < -0.39 is 12.3 Å². The molecule has 0 bridgehead atoms. The van der Waals surface area contributed by atoms with Crippen LogP contribution in [0.3, 0.4) is 0 Å². The van der Waals surface area contributed by atoms with Gasteiger partial charge in [0, 0.05) is 13.1 Å². The van der Waals surface area contributed by atoms with Crippen LogP contribution in [0.2, 0.25) is 0 Å². The van der Waals surface area contributed by atoms with Crippen LogP contribution >= 0.6 is 0 Å². The van der Waals surface area contributed by atoms with Crippen molar-refractivity contribution >= 4 is 17.7 Å². The Labute approximate surface area is 158 Å². The van der Waals surface area contributed by atoms with Gasteiger partial charge in [0.25, 0.3) is 5.91 Å². The monoisotopic (exact) mass is 370 g/mol. The lowest BCUT2D eigenvalue weighted by Crippen LogP contribution is -2.50. The third-order valence-corrected chi connectivity index (χ3v) is 4.49. The van der Waals surface area contributed by atoms with Crippen LogP contribution in [0.5, 0.6) is 11.5 Å². The highest BCUT2D eigenvalue weighted by Crippen LogP contribution is 2.43. The lowest BCUT2D eigenvalue weighted by Gasteiger charge is -2.42. The van der Waals surface area contributed by atoms with Crippen molar-refractivity contribution in [2.75, 3.05) is 32.8 Å². The van der Waals surface area contributed by atoms with E-state index in [-0.39, 0.29) is 12.5 Å². The van der Waals surface area contributed by atoms with Crippen molar-refractivity contribution in [1.82, 2.24) is 4.90 Å². The molecule has 0 radical (unpaired) electrons. The first kappa shape index (κ1) is 18.6. The van der Waals surface area contributed by atoms with Crippen LogP contribution < -0.4 is 14.4 Å². The SMILES string of the molecule is CCOC(=O)N1c2cc(OC)c(OC)cc2C(=O)N(C)C1c1ccccc1. The van der Waals surface area contributed by atoms with Crippen molar-refractivity contribution in [3.05, 3.63) is 53.6 Å². The van der Waals surface area contributed by atoms with E-state index >= 15 is 0 Å². The Bertz CT molecular complexity index is 853. The Morgan fingerprint density at radius 1 is 1.07 bits per heavy atom. The number of carbonyl (C=O) groups excluding carboxylic acids is 2. The Morgan fingerprint density at radius 2 is 1.70 bits per heavy atom. The van der Waals surface area contributed by atoms with Crippen molar-refractivity contribution < 1.29 is 23.8 Å². The molecule has 1 atom stereocenters. The van der Waals surface area contributed by atoms with Gasteiger partial charge < -0.3 is 19.1 Å². The quantitative estimate of drug-likeness (QED) is 0.825. The first-order valence-corrected chi connectivity index (χ1v) is 8.57. The smallest absolute Gasteiger partial charge is 0.416 e. The number of methoxy groups -OCH3 is 2. The number of benzene rings is 2. The van der Waals surface area contributed by atoms with Crippen LogP contribution in [-0.2, 0) is 4.74 Å². The van der Waals surface area contributed by atoms with Gasteiger partial charge in [-0.05, 0) is 18.6 Å². The van der Waals surface area contributed by atoms with Gasteiger partial charge in [-0.3, -0.25) is 9.69 Å². The molecule has 0 saturated heterocycles. The standard InChI is InChI=1S/C20H22N2O5/c1-5-27-20(24)22-15-12-17(26-4)16(25-3)11-14(15)19(23)21(2)18(22)13-9-7-6-8-10-13/h6-12,18H,5H2,1-4H3. The first-order valence-electron chi connectivity index (χ1n) is 8.57. The summed E-state index contributed by atoms with van der Waals surface area (Å²) in [7, 11) is 4.66. The molecule has 27 heavy (non-hydrogen) atoms. The van der Waals surface area contributed by atoms with Crippen LogP contribution in [-0.4, -0.2) is 44.8 Å². The number of hydrogen-bond acceptors (Lipinski definition) is 5. The maximum Gasteiger partial charge on any atom is 0.416 e. The molecular weight excluding hydrogens is 348 g/mol. The topological polar surface area (TPSA) is 68.3 Å². The molecule has 1 unspecified atom stereocenters. The largest absolute Gasteiger partial charge is 0.493 e. The Kier molecular flexibility index (Phi) is 5.21. The second kappa shape index (κ2) is 7.57. The van der Waals surface area contributed by atoms with E-state index in [2.05, 4.69) is 0 Å². The molecular formula is C20H22N2O5. The molecule has 0 aromatic heterocycles. The maximum atomic E-state index is 13.0. The van der Waals surface area contributed by atoms with Gasteiger partial charge in [0.1, 0.15) is 6.17 Å². The number of rotatable bonds is 4. The van der Waals surface area contributed by atoms with E-state index in [0.717, 1.165) is 5.56 Å². The summed E-state index contributed by atoms with van der Waals surface area (Å²) in [5.41, 5.74) is 1.56. The predicted molar refractivity (Wildman–Crippen MR) is 100 cm³/mol. The van der Waals surface area contributed by atoms with Crippen LogP contribution in [0.1, 0.15) is 29.0 Å². The van der Waals surface area contributed by atoms with E-state index in [1.165, 1.54) is 24.0 Å². The van der Waals surface area contributed by atoms with Gasteiger partial charge in [-0.2, -0.15) is 0 Å². The van der Waals surface area contributed by atoms with Gasteiger partial charge in [0.05, 0.1) is 32.1 Å². The minimum Gasteiger partial charge on any atom is -0.493 e. The van der Waals surface area contributed by atoms with Crippen molar-refractivity contribution in [3.63, 3.8) is 0 Å². The first-order chi connectivity index (χ1) is 13.0. The van der Waals surface area contributed by atoms with Crippen molar-refractivity contribution in [3.8, 4) is 11.5 Å². The van der Waals surface area contributed by atoms with Crippen LogP contribution in [0.25, 0.3) is 0 Å². The fourth-order valence-corrected chi connectivity index (χ4v) is 3.23. The molecule has 1 heterocycles. The second-order valence-electron chi connectivity index (χ2n) is 5.99. The molecule has 1 aliphatic rings. The van der Waals surface area contributed by atoms with Gasteiger partial charge >= 0.3 is 6.09 Å². The number of carbonyl (C=O) groups is 2. The Morgan fingerprint density at radius 3 is 2.30 bits per heavy atom. The van der Waals surface area contributed by atoms with E-state index in [1.54, 1.807) is 26.1 Å². The number of hydrogen-bond donors (Lipinski definition) is 0. The summed E-state index contributed by atoms with van der Waals surface area (Å²) in [6, 6.07) is 12.6. The van der Waals surface area contributed by atoms with Crippen molar-refractivity contribution in [2.24, 2.45) is 0 Å². The number of ether oxygens (including phenoxy) is 3. The Balaban J connectivity index is 2.23. The summed E-state index contributed by atoms with van der Waals surface area (Å²) in [5.74, 6) is 0.620. The molecule has 1 aliphatic heterocycles. The zero-order chi connectivity index (χ0) is 19.6. The van der Waals surface area contributed by atoms with Crippen LogP contribution in [0.4, 0.5) is 10.5 Å². The predicted octanol–water partition coefficient (Wildman–Crippen LogP) is 3.45. The molecule has 0 fully saturated rings. The zero-order valence-corrected chi connectivity index (χ0v) is 15.8. The molecule has 3 rings (SSSR count). The van der Waals surface area contributed by atoms with Crippen LogP contribution in [0, 0.1) is 0 Å². The number of fused-ring (bicyclic) bond motifs is 1. The molecule has 142 valence electrons. The van der Waals surface area contributed by atoms with E-state index in [1.807, 2.05) is 30.3 Å². The van der Waals surface area contributed by atoms with E-state index in [9.17, 15) is 9.59 Å². The highest BCUT2D eigenvalue weighted by Gasteiger charge is 2.41. The molecule has 7 heteroatoms. The van der Waals surface area contributed by atoms with Crippen molar-refractivity contribution in [1.29, 1.82) is 0 Å². The summed E-state index contributed by atoms with van der Waals surface area (Å²) in [6.45, 7) is 1.96. The number of amides is 2. The average Bonchev–Trinajstić information content (AvgIpc) is 2.70. The van der Waals surface area contributed by atoms with Gasteiger partial charge in [-0.25, -0.2) is 4.79 Å². The van der Waals surface area contributed by atoms with E-state index in [4.69, 9.17) is 14.2 Å². The zero-order valence-electron chi connectivity index (χ0n) is 15.8. The lowest BCUT2D eigenvalue weighted by atomic mass is 10.0. The van der Waals surface area contributed by atoms with E-state index in [0.29, 0.717) is 22.7 Å². The third kappa shape index (κ3) is 3.16. The minimum absolute atomic E-state index is 0.219. The maximum absolute atomic E-state index is 13.0. The highest BCUT2D eigenvalue weighted by atomic mass is 16.6. The summed E-state index contributed by atoms with van der Waals surface area (Å²) in [5, 5.41) is 0. The van der Waals surface area contributed by atoms with Gasteiger partial charge in [0.2, 0.25) is 0 Å². The summed E-state index contributed by atoms with van der Waals surface area (Å²) >= 11 is 0. The molecule has 2 amide bonds. The summed E-state index contributed by atoms with van der Waals surface area (Å²) in [6.07, 6.45) is -1.18. The van der Waals surface area contributed by atoms with Gasteiger partial charge in [0.15, 0.2) is 11.5 Å². The molecule has 0 aliphatic carbocycles. The normalized spacial score (nSPS) is 16.0. The highest BCUT2D eigenvalue weighted by molar-refractivity contribution is 6.07. The van der Waals surface area contributed by atoms with Gasteiger partial charge in [-0.15, -0.1) is 0 Å². The molecule has 2 aromatic carbocycles. The number of nitrogens with zero attached hydrogens (tertiary/aromatic N) is 2.